The number of anilines is 1. The number of carbonyl (C=O) groups excluding carboxylic acids is 1. The Morgan fingerprint density at radius 1 is 1.21 bits per heavy atom. The van der Waals surface area contributed by atoms with Crippen molar-refractivity contribution in [1.82, 2.24) is 4.90 Å². The third-order valence-electron chi connectivity index (χ3n) is 8.35. The van der Waals surface area contributed by atoms with Crippen molar-refractivity contribution in [3.05, 3.63) is 64.2 Å². The first-order valence-electron chi connectivity index (χ1n) is 11.7. The van der Waals surface area contributed by atoms with Crippen LogP contribution in [0.1, 0.15) is 56.4 Å². The number of nitrogens with one attached hydrogen (secondary N) is 1. The minimum absolute atomic E-state index is 0.000177. The van der Waals surface area contributed by atoms with E-state index in [1.807, 2.05) is 13.0 Å². The van der Waals surface area contributed by atoms with Crippen molar-refractivity contribution in [3.8, 4) is 0 Å². The topological polar surface area (TPSA) is 41.6 Å². The summed E-state index contributed by atoms with van der Waals surface area (Å²) in [6.45, 7) is 12.7. The van der Waals surface area contributed by atoms with Crippen LogP contribution in [0.25, 0.3) is 0 Å². The molecule has 4 rings (SSSR count). The number of hydrogen-bond acceptors (Lipinski definition) is 3. The van der Waals surface area contributed by atoms with E-state index in [9.17, 15) is 13.6 Å². The van der Waals surface area contributed by atoms with Gasteiger partial charge in [-0.15, -0.1) is 0 Å². The average molecular weight is 457 g/mol. The number of ether oxygens (including phenoxy) is 1. The highest BCUT2D eigenvalue weighted by Gasteiger charge is 2.56. The Labute approximate surface area is 195 Å². The normalized spacial score (nSPS) is 24.8. The number of hydrogen-bond donors (Lipinski definition) is 1. The number of likely N-dealkylation sites (tertiary alicyclic amines) is 1. The van der Waals surface area contributed by atoms with Gasteiger partial charge in [0.15, 0.2) is 0 Å². The molecule has 0 radical (unpaired) electrons. The summed E-state index contributed by atoms with van der Waals surface area (Å²) in [7, 11) is 0. The van der Waals surface area contributed by atoms with Crippen LogP contribution < -0.4 is 5.32 Å². The highest BCUT2D eigenvalue weighted by atomic mass is 19.1. The van der Waals surface area contributed by atoms with Crippen LogP contribution in [0.2, 0.25) is 0 Å². The Balaban J connectivity index is 1.57. The molecule has 1 N–H and O–H groups in total. The molecule has 3 atom stereocenters. The number of aryl methyl sites for hydroxylation is 1. The molecular weight excluding hydrogens is 422 g/mol. The van der Waals surface area contributed by atoms with Gasteiger partial charge in [-0.25, -0.2) is 8.78 Å². The fourth-order valence-electron chi connectivity index (χ4n) is 6.14. The van der Waals surface area contributed by atoms with Gasteiger partial charge in [0.05, 0.1) is 12.7 Å². The highest BCUT2D eigenvalue weighted by Crippen LogP contribution is 2.57. The van der Waals surface area contributed by atoms with Crippen LogP contribution in [-0.2, 0) is 28.0 Å². The van der Waals surface area contributed by atoms with Crippen LogP contribution >= 0.6 is 0 Å². The van der Waals surface area contributed by atoms with Crippen molar-refractivity contribution in [2.45, 2.75) is 71.6 Å². The molecule has 0 aromatic heterocycles. The van der Waals surface area contributed by atoms with Crippen LogP contribution in [0.3, 0.4) is 0 Å². The summed E-state index contributed by atoms with van der Waals surface area (Å²) in [6.07, 6.45) is 2.39. The van der Waals surface area contributed by atoms with Gasteiger partial charge in [0.2, 0.25) is 6.41 Å². The summed E-state index contributed by atoms with van der Waals surface area (Å²) in [6, 6.07) is 8.24. The molecule has 1 fully saturated rings. The van der Waals surface area contributed by atoms with Crippen molar-refractivity contribution >= 4 is 12.1 Å². The van der Waals surface area contributed by atoms with E-state index in [0.29, 0.717) is 6.54 Å². The second-order valence-corrected chi connectivity index (χ2v) is 10.4. The van der Waals surface area contributed by atoms with Crippen molar-refractivity contribution in [3.63, 3.8) is 0 Å². The van der Waals surface area contributed by atoms with Crippen molar-refractivity contribution in [2.24, 2.45) is 5.41 Å². The van der Waals surface area contributed by atoms with E-state index >= 15 is 0 Å². The number of amides is 1. The van der Waals surface area contributed by atoms with Crippen LogP contribution in [-0.4, -0.2) is 36.5 Å². The number of benzene rings is 2. The molecule has 2 bridgehead atoms. The van der Waals surface area contributed by atoms with E-state index < -0.39 is 11.6 Å². The summed E-state index contributed by atoms with van der Waals surface area (Å²) in [5.74, 6) is -1.15. The van der Waals surface area contributed by atoms with Gasteiger partial charge in [-0.2, -0.15) is 0 Å². The molecule has 6 heteroatoms. The smallest absolute Gasteiger partial charge is 0.211 e. The Bertz CT molecular complexity index is 1030. The fraction of sp³-hybridized carbons (Fsp3) is 0.519. The highest BCUT2D eigenvalue weighted by molar-refractivity contribution is 5.75. The van der Waals surface area contributed by atoms with E-state index in [1.54, 1.807) is 0 Å². The van der Waals surface area contributed by atoms with E-state index in [4.69, 9.17) is 4.74 Å². The second kappa shape index (κ2) is 8.80. The minimum Gasteiger partial charge on any atom is -0.372 e. The van der Waals surface area contributed by atoms with Gasteiger partial charge in [-0.1, -0.05) is 32.9 Å². The predicted molar refractivity (Wildman–Crippen MR) is 126 cm³/mol. The van der Waals surface area contributed by atoms with Crippen molar-refractivity contribution in [1.29, 1.82) is 0 Å². The van der Waals surface area contributed by atoms with Gasteiger partial charge >= 0.3 is 0 Å². The Kier molecular flexibility index (Phi) is 6.36. The van der Waals surface area contributed by atoms with Crippen LogP contribution in [0.5, 0.6) is 0 Å². The number of fused-ring (bicyclic) bond motifs is 4. The molecule has 1 aliphatic carbocycles. The van der Waals surface area contributed by atoms with Crippen molar-refractivity contribution < 1.29 is 18.3 Å². The lowest BCUT2D eigenvalue weighted by molar-refractivity contribution is -0.105. The summed E-state index contributed by atoms with van der Waals surface area (Å²) in [5, 5.41) is 2.91. The predicted octanol–water partition coefficient (Wildman–Crippen LogP) is 5.36. The molecule has 1 amide bonds. The molecule has 1 heterocycles. The molecule has 0 spiro atoms. The zero-order valence-electron chi connectivity index (χ0n) is 20.2. The number of nitrogens with zero attached hydrogens (tertiary/aromatic N) is 1. The van der Waals surface area contributed by atoms with E-state index in [1.165, 1.54) is 34.9 Å². The Hall–Kier alpha value is -2.31. The summed E-state index contributed by atoms with van der Waals surface area (Å²) < 4.78 is 33.9. The van der Waals surface area contributed by atoms with E-state index in [0.717, 1.165) is 31.5 Å². The number of carbonyl (C=O) groups is 1. The number of piperidine rings is 1. The first kappa shape index (κ1) is 23.8. The van der Waals surface area contributed by atoms with Crippen LogP contribution in [0.4, 0.5) is 14.5 Å². The second-order valence-electron chi connectivity index (χ2n) is 10.4. The first-order valence-corrected chi connectivity index (χ1v) is 11.7. The minimum atomic E-state index is -0.577. The van der Waals surface area contributed by atoms with Gasteiger partial charge in [0, 0.05) is 29.3 Å². The lowest BCUT2D eigenvalue weighted by atomic mass is 9.50. The van der Waals surface area contributed by atoms with Crippen LogP contribution in [0, 0.1) is 24.0 Å². The van der Waals surface area contributed by atoms with Gasteiger partial charge < -0.3 is 10.1 Å². The maximum Gasteiger partial charge on any atom is 0.211 e. The summed E-state index contributed by atoms with van der Waals surface area (Å²) >= 11 is 0. The molecular formula is C27H34F2N2O2. The lowest BCUT2D eigenvalue weighted by Gasteiger charge is -2.61. The Morgan fingerprint density at radius 2 is 1.91 bits per heavy atom. The Morgan fingerprint density at radius 3 is 2.58 bits per heavy atom. The molecule has 2 aromatic carbocycles. The molecule has 33 heavy (non-hydrogen) atoms. The molecule has 4 nitrogen and oxygen atoms in total. The average Bonchev–Trinajstić information content (AvgIpc) is 2.74. The third-order valence-corrected chi connectivity index (χ3v) is 8.35. The molecule has 178 valence electrons. The molecule has 3 unspecified atom stereocenters. The maximum atomic E-state index is 14.0. The summed E-state index contributed by atoms with van der Waals surface area (Å²) in [4.78, 5) is 13.7. The number of rotatable bonds is 7. The molecule has 0 saturated carbocycles. The van der Waals surface area contributed by atoms with Crippen LogP contribution in [0.15, 0.2) is 30.3 Å². The van der Waals surface area contributed by atoms with E-state index in [2.05, 4.69) is 44.0 Å². The SMILES string of the molecule is Cc1ccc(NC=O)c2c1C1(C)CCN(CC(C)OCc3c(F)cccc3F)C(C2)C1(C)C. The lowest BCUT2D eigenvalue weighted by Crippen LogP contribution is -2.64. The van der Waals surface area contributed by atoms with E-state index in [-0.39, 0.29) is 35.1 Å². The van der Waals surface area contributed by atoms with Crippen molar-refractivity contribution in [2.75, 3.05) is 18.4 Å². The van der Waals surface area contributed by atoms with Gasteiger partial charge in [-0.3, -0.25) is 9.69 Å². The van der Waals surface area contributed by atoms with Gasteiger partial charge in [0.25, 0.3) is 0 Å². The first-order chi connectivity index (χ1) is 15.6. The quantitative estimate of drug-likeness (QED) is 0.570. The monoisotopic (exact) mass is 456 g/mol. The third kappa shape index (κ3) is 3.97. The standard InChI is InChI=1S/C27H34F2N2O2/c1-17-9-10-23(30-16-32)19-13-24-26(3,4)27(5,25(17)19)11-12-31(24)14-18(2)33-15-20-21(28)7-6-8-22(20)29/h6-10,16,18,24H,11-15H2,1-5H3,(H,30,32). The largest absolute Gasteiger partial charge is 0.372 e. The molecule has 1 aliphatic heterocycles. The maximum absolute atomic E-state index is 14.0. The zero-order chi connectivity index (χ0) is 24.0. The fourth-order valence-corrected chi connectivity index (χ4v) is 6.14. The molecule has 1 saturated heterocycles. The van der Waals surface area contributed by atoms with Gasteiger partial charge in [-0.05, 0) is 73.5 Å². The zero-order valence-corrected chi connectivity index (χ0v) is 20.2. The molecule has 2 aromatic rings. The number of halogens is 2. The van der Waals surface area contributed by atoms with Gasteiger partial charge in [0.1, 0.15) is 11.6 Å². The summed E-state index contributed by atoms with van der Waals surface area (Å²) in [5.41, 5.74) is 4.70. The molecule has 2 aliphatic rings.